The minimum absolute atomic E-state index is 0.474. The normalized spacial score (nSPS) is 12.8. The maximum Gasteiger partial charge on any atom is 0.145 e. The molecule has 4 heteroatoms. The predicted molar refractivity (Wildman–Crippen MR) is 42.5 cm³/mol. The molecule has 54 valence electrons. The van der Waals surface area contributed by atoms with Gasteiger partial charge in [0.05, 0.1) is 6.67 Å². The average Bonchev–Trinajstić information content (AvgIpc) is 1.82. The van der Waals surface area contributed by atoms with Crippen molar-refractivity contribution in [3.63, 3.8) is 0 Å². The molecular weight excluding hydrogens is 159 g/mol. The highest BCUT2D eigenvalue weighted by Gasteiger charge is 2.00. The van der Waals surface area contributed by atoms with E-state index in [-0.39, 0.29) is 0 Å². The Hall–Kier alpha value is 0.210. The van der Waals surface area contributed by atoms with Gasteiger partial charge in [-0.15, -0.1) is 0 Å². The van der Waals surface area contributed by atoms with Crippen molar-refractivity contribution in [2.45, 2.75) is 11.8 Å². The molecule has 0 unspecified atom stereocenters. The lowest BCUT2D eigenvalue weighted by Gasteiger charge is -1.98. The largest absolute Gasteiger partial charge is 0.301 e. The summed E-state index contributed by atoms with van der Waals surface area (Å²) in [5, 5.41) is 2.85. The molecule has 0 aliphatic heterocycles. The molecule has 0 spiro atoms. The quantitative estimate of drug-likeness (QED) is 0.501. The van der Waals surface area contributed by atoms with Crippen molar-refractivity contribution in [1.29, 1.82) is 0 Å². The van der Waals surface area contributed by atoms with Gasteiger partial charge in [0, 0.05) is 5.71 Å². The second kappa shape index (κ2) is 5.03. The molecule has 0 aliphatic carbocycles. The van der Waals surface area contributed by atoms with Crippen LogP contribution in [0.2, 0.25) is 0 Å². The molecule has 0 atom stereocenters. The van der Waals surface area contributed by atoms with E-state index in [2.05, 4.69) is 10.3 Å². The molecule has 0 aromatic heterocycles. The van der Waals surface area contributed by atoms with Gasteiger partial charge < -0.3 is 5.32 Å². The van der Waals surface area contributed by atoms with Crippen molar-refractivity contribution in [2.75, 3.05) is 13.7 Å². The Balaban J connectivity index is 3.55. The van der Waals surface area contributed by atoms with Gasteiger partial charge in [-0.2, -0.15) is 0 Å². The van der Waals surface area contributed by atoms with E-state index in [1.807, 2.05) is 7.05 Å². The zero-order valence-corrected chi connectivity index (χ0v) is 7.00. The van der Waals surface area contributed by atoms with Crippen molar-refractivity contribution in [2.24, 2.45) is 4.99 Å². The van der Waals surface area contributed by atoms with Gasteiger partial charge in [0.2, 0.25) is 0 Å². The van der Waals surface area contributed by atoms with Crippen molar-refractivity contribution in [3.8, 4) is 0 Å². The minimum Gasteiger partial charge on any atom is -0.301 e. The van der Waals surface area contributed by atoms with Gasteiger partial charge in [-0.05, 0) is 14.0 Å². The molecule has 0 bridgehead atoms. The first-order chi connectivity index (χ1) is 4.18. The van der Waals surface area contributed by atoms with Crippen LogP contribution in [0.25, 0.3) is 0 Å². The highest BCUT2D eigenvalue weighted by molar-refractivity contribution is 6.54. The lowest BCUT2D eigenvalue weighted by Crippen LogP contribution is -2.10. The third-order valence-corrected chi connectivity index (χ3v) is 1.43. The zero-order chi connectivity index (χ0) is 7.28. The van der Waals surface area contributed by atoms with Gasteiger partial charge in [-0.3, -0.25) is 4.99 Å². The summed E-state index contributed by atoms with van der Waals surface area (Å²) in [6.45, 7) is 2.36. The molecule has 0 heterocycles. The molecule has 0 fully saturated rings. The molecule has 0 saturated heterocycles. The monoisotopic (exact) mass is 168 g/mol. The van der Waals surface area contributed by atoms with Gasteiger partial charge in [-0.25, -0.2) is 0 Å². The molecular formula is C5H10Cl2N2. The van der Waals surface area contributed by atoms with Gasteiger partial charge in [0.25, 0.3) is 0 Å². The maximum absolute atomic E-state index is 5.47. The SMILES string of the molecule is CNC/N=C(\C)C(Cl)Cl. The number of alkyl halides is 2. The molecule has 0 radical (unpaired) electrons. The van der Waals surface area contributed by atoms with E-state index in [1.54, 1.807) is 6.92 Å². The molecule has 0 aliphatic rings. The third kappa shape index (κ3) is 4.70. The second-order valence-electron chi connectivity index (χ2n) is 1.61. The lowest BCUT2D eigenvalue weighted by molar-refractivity contribution is 0.833. The van der Waals surface area contributed by atoms with Gasteiger partial charge in [0.15, 0.2) is 0 Å². The molecule has 0 rings (SSSR count). The number of nitrogens with zero attached hydrogens (tertiary/aromatic N) is 1. The van der Waals surface area contributed by atoms with E-state index in [0.717, 1.165) is 5.71 Å². The molecule has 0 amide bonds. The fourth-order valence-corrected chi connectivity index (χ4v) is 0.411. The smallest absolute Gasteiger partial charge is 0.145 e. The van der Waals surface area contributed by atoms with Crippen molar-refractivity contribution >= 4 is 28.9 Å². The molecule has 2 nitrogen and oxygen atoms in total. The number of aliphatic imine (C=N–C) groups is 1. The Morgan fingerprint density at radius 3 is 2.56 bits per heavy atom. The Bertz CT molecular complexity index is 101. The molecule has 0 saturated carbocycles. The van der Waals surface area contributed by atoms with Crippen LogP contribution in [0.5, 0.6) is 0 Å². The average molecular weight is 169 g/mol. The van der Waals surface area contributed by atoms with E-state index in [4.69, 9.17) is 23.2 Å². The fourth-order valence-electron chi connectivity index (χ4n) is 0.273. The number of nitrogens with one attached hydrogen (secondary N) is 1. The second-order valence-corrected chi connectivity index (χ2v) is 2.71. The van der Waals surface area contributed by atoms with Crippen LogP contribution in [0.1, 0.15) is 6.92 Å². The Morgan fingerprint density at radius 1 is 1.67 bits per heavy atom. The third-order valence-electron chi connectivity index (χ3n) is 0.802. The van der Waals surface area contributed by atoms with E-state index < -0.39 is 4.84 Å². The summed E-state index contributed by atoms with van der Waals surface area (Å²) in [6.07, 6.45) is 0. The number of rotatable bonds is 3. The fraction of sp³-hybridized carbons (Fsp3) is 0.800. The van der Waals surface area contributed by atoms with Crippen LogP contribution < -0.4 is 5.32 Å². The molecule has 0 aromatic carbocycles. The summed E-state index contributed by atoms with van der Waals surface area (Å²) in [4.78, 5) is 3.51. The summed E-state index contributed by atoms with van der Waals surface area (Å²) >= 11 is 10.9. The Labute approximate surface area is 65.3 Å². The van der Waals surface area contributed by atoms with E-state index >= 15 is 0 Å². The lowest BCUT2D eigenvalue weighted by atomic mass is 10.5. The number of hydrogen-bond donors (Lipinski definition) is 1. The topological polar surface area (TPSA) is 24.4 Å². The summed E-state index contributed by atoms with van der Waals surface area (Å²) in [7, 11) is 1.81. The first-order valence-electron chi connectivity index (χ1n) is 2.62. The van der Waals surface area contributed by atoms with Crippen LogP contribution in [0, 0.1) is 0 Å². The highest BCUT2D eigenvalue weighted by Crippen LogP contribution is 2.03. The van der Waals surface area contributed by atoms with Crippen LogP contribution in [-0.2, 0) is 0 Å². The summed E-state index contributed by atoms with van der Waals surface area (Å²) in [5.74, 6) is 0. The van der Waals surface area contributed by atoms with E-state index in [1.165, 1.54) is 0 Å². The summed E-state index contributed by atoms with van der Waals surface area (Å²) in [5.41, 5.74) is 0.743. The standard InChI is InChI=1S/C5H10Cl2N2/c1-4(5(6)7)9-3-8-2/h5,8H,3H2,1-2H3/b9-4+. The Morgan fingerprint density at radius 2 is 2.22 bits per heavy atom. The molecule has 9 heavy (non-hydrogen) atoms. The summed E-state index contributed by atoms with van der Waals surface area (Å²) < 4.78 is 0. The number of hydrogen-bond acceptors (Lipinski definition) is 2. The van der Waals surface area contributed by atoms with E-state index in [0.29, 0.717) is 6.67 Å². The van der Waals surface area contributed by atoms with Crippen LogP contribution in [0.3, 0.4) is 0 Å². The van der Waals surface area contributed by atoms with Gasteiger partial charge in [-0.1, -0.05) is 23.2 Å². The Kier molecular flexibility index (Phi) is 5.15. The minimum atomic E-state index is -0.474. The number of halogens is 2. The first kappa shape index (κ1) is 9.21. The van der Waals surface area contributed by atoms with Crippen LogP contribution in [-0.4, -0.2) is 24.3 Å². The van der Waals surface area contributed by atoms with Crippen LogP contribution >= 0.6 is 23.2 Å². The van der Waals surface area contributed by atoms with Crippen molar-refractivity contribution < 1.29 is 0 Å². The van der Waals surface area contributed by atoms with Gasteiger partial charge >= 0.3 is 0 Å². The maximum atomic E-state index is 5.47. The van der Waals surface area contributed by atoms with Gasteiger partial charge in [0.1, 0.15) is 4.84 Å². The predicted octanol–water partition coefficient (Wildman–Crippen LogP) is 1.43. The van der Waals surface area contributed by atoms with Crippen LogP contribution in [0.4, 0.5) is 0 Å². The first-order valence-corrected chi connectivity index (χ1v) is 3.49. The van der Waals surface area contributed by atoms with Crippen molar-refractivity contribution in [3.05, 3.63) is 0 Å². The molecule has 1 N–H and O–H groups in total. The van der Waals surface area contributed by atoms with Crippen LogP contribution in [0.15, 0.2) is 4.99 Å². The zero-order valence-electron chi connectivity index (χ0n) is 5.49. The van der Waals surface area contributed by atoms with E-state index in [9.17, 15) is 0 Å². The summed E-state index contributed by atoms with van der Waals surface area (Å²) in [6, 6.07) is 0. The highest BCUT2D eigenvalue weighted by atomic mass is 35.5. The van der Waals surface area contributed by atoms with Crippen molar-refractivity contribution in [1.82, 2.24) is 5.32 Å². The molecule has 0 aromatic rings.